The smallest absolute Gasteiger partial charge is 0.187 e. The van der Waals surface area contributed by atoms with Gasteiger partial charge in [-0.1, -0.05) is 28.9 Å². The van der Waals surface area contributed by atoms with Gasteiger partial charge in [0.05, 0.1) is 11.4 Å². The topological polar surface area (TPSA) is 55.6 Å². The van der Waals surface area contributed by atoms with Gasteiger partial charge in [0.25, 0.3) is 0 Å². The minimum Gasteiger partial charge on any atom is -0.383 e. The summed E-state index contributed by atoms with van der Waals surface area (Å²) in [5.74, 6) is 1.98. The molecule has 1 aliphatic rings. The van der Waals surface area contributed by atoms with Crippen LogP contribution in [0.3, 0.4) is 0 Å². The molecular weight excluding hydrogens is 354 g/mol. The van der Waals surface area contributed by atoms with Gasteiger partial charge in [0.1, 0.15) is 11.5 Å². The van der Waals surface area contributed by atoms with Gasteiger partial charge in [0.2, 0.25) is 0 Å². The highest BCUT2D eigenvalue weighted by Crippen LogP contribution is 2.34. The van der Waals surface area contributed by atoms with E-state index in [4.69, 9.17) is 0 Å². The van der Waals surface area contributed by atoms with Crippen molar-refractivity contribution in [2.75, 3.05) is 11.9 Å². The zero-order chi connectivity index (χ0) is 16.0. The number of aromatic nitrogens is 4. The number of hydrogen-bond acceptors (Lipinski definition) is 4. The van der Waals surface area contributed by atoms with Crippen LogP contribution >= 0.6 is 15.9 Å². The first-order valence-electron chi connectivity index (χ1n) is 7.56. The predicted octanol–water partition coefficient (Wildman–Crippen LogP) is 3.93. The largest absolute Gasteiger partial charge is 0.383 e. The maximum Gasteiger partial charge on any atom is 0.187 e. The highest BCUT2D eigenvalue weighted by Gasteiger charge is 2.25. The van der Waals surface area contributed by atoms with Crippen molar-refractivity contribution in [1.29, 1.82) is 0 Å². The molecule has 0 saturated heterocycles. The van der Waals surface area contributed by atoms with Crippen LogP contribution < -0.4 is 5.32 Å². The summed E-state index contributed by atoms with van der Waals surface area (Å²) in [6.45, 7) is 4.97. The van der Waals surface area contributed by atoms with Gasteiger partial charge in [-0.2, -0.15) is 0 Å². The minimum atomic E-state index is 0.257. The molecule has 4 rings (SSSR count). The average molecular weight is 370 g/mol. The van der Waals surface area contributed by atoms with Crippen LogP contribution in [0.4, 0.5) is 5.69 Å². The average Bonchev–Trinajstić information content (AvgIpc) is 2.93. The Bertz CT molecular complexity index is 886. The fourth-order valence-electron chi connectivity index (χ4n) is 2.88. The van der Waals surface area contributed by atoms with Gasteiger partial charge in [0, 0.05) is 22.6 Å². The number of pyridine rings is 1. The first-order chi connectivity index (χ1) is 11.1. The SMILES string of the molecule is Cc1cccc(-c2nnc3n2-c2cc(Br)ccc2NCC3C)n1. The number of rotatable bonds is 1. The van der Waals surface area contributed by atoms with E-state index in [1.165, 1.54) is 0 Å². The Labute approximate surface area is 142 Å². The van der Waals surface area contributed by atoms with Crippen LogP contribution in [0.15, 0.2) is 40.9 Å². The van der Waals surface area contributed by atoms with Crippen molar-refractivity contribution in [2.24, 2.45) is 0 Å². The summed E-state index contributed by atoms with van der Waals surface area (Å²) < 4.78 is 3.14. The molecule has 3 aromatic rings. The van der Waals surface area contributed by atoms with Gasteiger partial charge in [-0.25, -0.2) is 4.98 Å². The van der Waals surface area contributed by atoms with Crippen LogP contribution in [0.2, 0.25) is 0 Å². The zero-order valence-electron chi connectivity index (χ0n) is 12.9. The number of benzene rings is 1. The van der Waals surface area contributed by atoms with Crippen molar-refractivity contribution in [1.82, 2.24) is 19.7 Å². The van der Waals surface area contributed by atoms with E-state index in [0.29, 0.717) is 0 Å². The lowest BCUT2D eigenvalue weighted by molar-refractivity contribution is 0.725. The maximum atomic E-state index is 4.62. The molecule has 0 radical (unpaired) electrons. The molecule has 6 heteroatoms. The molecule has 1 unspecified atom stereocenters. The fourth-order valence-corrected chi connectivity index (χ4v) is 3.23. The summed E-state index contributed by atoms with van der Waals surface area (Å²) in [6, 6.07) is 12.2. The first kappa shape index (κ1) is 14.4. The van der Waals surface area contributed by atoms with Crippen molar-refractivity contribution in [2.45, 2.75) is 19.8 Å². The van der Waals surface area contributed by atoms with E-state index in [-0.39, 0.29) is 5.92 Å². The van der Waals surface area contributed by atoms with E-state index < -0.39 is 0 Å². The third kappa shape index (κ3) is 2.43. The third-order valence-corrected chi connectivity index (χ3v) is 4.54. The van der Waals surface area contributed by atoms with Gasteiger partial charge >= 0.3 is 0 Å². The van der Waals surface area contributed by atoms with Crippen molar-refractivity contribution in [3.63, 3.8) is 0 Å². The lowest BCUT2D eigenvalue weighted by Crippen LogP contribution is -2.09. The summed E-state index contributed by atoms with van der Waals surface area (Å²) in [5, 5.41) is 12.4. The van der Waals surface area contributed by atoms with Crippen LogP contribution in [0.25, 0.3) is 17.2 Å². The number of nitrogens with zero attached hydrogens (tertiary/aromatic N) is 4. The number of halogens is 1. The Morgan fingerprint density at radius 3 is 2.91 bits per heavy atom. The molecule has 116 valence electrons. The van der Waals surface area contributed by atoms with Gasteiger partial charge < -0.3 is 5.32 Å². The number of hydrogen-bond donors (Lipinski definition) is 1. The van der Waals surface area contributed by atoms with E-state index in [9.17, 15) is 0 Å². The second kappa shape index (κ2) is 5.45. The third-order valence-electron chi connectivity index (χ3n) is 4.05. The van der Waals surface area contributed by atoms with Gasteiger partial charge in [-0.15, -0.1) is 10.2 Å². The second-order valence-corrected chi connectivity index (χ2v) is 6.74. The molecule has 3 heterocycles. The molecule has 0 fully saturated rings. The Hall–Kier alpha value is -2.21. The Balaban J connectivity index is 2.01. The van der Waals surface area contributed by atoms with Crippen LogP contribution in [-0.4, -0.2) is 26.3 Å². The number of aryl methyl sites for hydroxylation is 1. The molecule has 1 N–H and O–H groups in total. The van der Waals surface area contributed by atoms with Crippen molar-refractivity contribution in [3.05, 3.63) is 52.4 Å². The van der Waals surface area contributed by atoms with Crippen molar-refractivity contribution in [3.8, 4) is 17.2 Å². The number of nitrogens with one attached hydrogen (secondary N) is 1. The highest BCUT2D eigenvalue weighted by atomic mass is 79.9. The second-order valence-electron chi connectivity index (χ2n) is 5.82. The molecule has 0 saturated carbocycles. The quantitative estimate of drug-likeness (QED) is 0.705. The maximum absolute atomic E-state index is 4.62. The lowest BCUT2D eigenvalue weighted by atomic mass is 10.1. The molecule has 1 aliphatic heterocycles. The molecule has 0 amide bonds. The van der Waals surface area contributed by atoms with Crippen LogP contribution in [-0.2, 0) is 0 Å². The Kier molecular flexibility index (Phi) is 3.41. The van der Waals surface area contributed by atoms with Crippen molar-refractivity contribution < 1.29 is 0 Å². The van der Waals surface area contributed by atoms with E-state index >= 15 is 0 Å². The summed E-state index contributed by atoms with van der Waals surface area (Å²) in [4.78, 5) is 4.62. The molecule has 5 nitrogen and oxygen atoms in total. The van der Waals surface area contributed by atoms with E-state index in [1.807, 2.05) is 31.2 Å². The predicted molar refractivity (Wildman–Crippen MR) is 93.9 cm³/mol. The highest BCUT2D eigenvalue weighted by molar-refractivity contribution is 9.10. The minimum absolute atomic E-state index is 0.257. The molecule has 0 bridgehead atoms. The number of anilines is 1. The lowest BCUT2D eigenvalue weighted by Gasteiger charge is -2.12. The molecule has 1 atom stereocenters. The summed E-state index contributed by atoms with van der Waals surface area (Å²) in [5.41, 5.74) is 3.92. The fraction of sp³-hybridized carbons (Fsp3) is 0.235. The molecular formula is C17H16BrN5. The van der Waals surface area contributed by atoms with Gasteiger partial charge in [-0.3, -0.25) is 4.57 Å². The monoisotopic (exact) mass is 369 g/mol. The summed E-state index contributed by atoms with van der Waals surface area (Å²) >= 11 is 3.57. The van der Waals surface area contributed by atoms with E-state index in [0.717, 1.165) is 45.4 Å². The molecule has 0 aliphatic carbocycles. The Morgan fingerprint density at radius 2 is 2.09 bits per heavy atom. The summed E-state index contributed by atoms with van der Waals surface area (Å²) in [7, 11) is 0. The summed E-state index contributed by atoms with van der Waals surface area (Å²) in [6.07, 6.45) is 0. The van der Waals surface area contributed by atoms with Gasteiger partial charge in [-0.05, 0) is 37.3 Å². The zero-order valence-corrected chi connectivity index (χ0v) is 14.5. The van der Waals surface area contributed by atoms with Crippen LogP contribution in [0, 0.1) is 6.92 Å². The van der Waals surface area contributed by atoms with E-state index in [2.05, 4.69) is 60.1 Å². The molecule has 23 heavy (non-hydrogen) atoms. The van der Waals surface area contributed by atoms with Crippen LogP contribution in [0.5, 0.6) is 0 Å². The van der Waals surface area contributed by atoms with E-state index in [1.54, 1.807) is 0 Å². The van der Waals surface area contributed by atoms with Gasteiger partial charge in [0.15, 0.2) is 5.82 Å². The normalized spacial score (nSPS) is 16.2. The molecule has 1 aromatic carbocycles. The molecule has 2 aromatic heterocycles. The Morgan fingerprint density at radius 1 is 1.22 bits per heavy atom. The number of fused-ring (bicyclic) bond motifs is 3. The standard InChI is InChI=1S/C17H16BrN5/c1-10-9-19-13-7-6-12(18)8-15(13)23-16(10)21-22-17(23)14-5-3-4-11(2)20-14/h3-8,10,19H,9H2,1-2H3. The van der Waals surface area contributed by atoms with Crippen molar-refractivity contribution >= 4 is 21.6 Å². The van der Waals surface area contributed by atoms with Crippen LogP contribution in [0.1, 0.15) is 24.4 Å². The molecule has 0 spiro atoms. The first-order valence-corrected chi connectivity index (χ1v) is 8.36.